The molecule has 0 aromatic carbocycles. The van der Waals surface area contributed by atoms with Gasteiger partial charge in [-0.25, -0.2) is 4.98 Å². The number of aliphatic hydroxyl groups is 1. The van der Waals surface area contributed by atoms with Gasteiger partial charge in [-0.3, -0.25) is 4.79 Å². The van der Waals surface area contributed by atoms with Crippen molar-refractivity contribution in [3.63, 3.8) is 0 Å². The summed E-state index contributed by atoms with van der Waals surface area (Å²) in [4.78, 5) is 15.9. The zero-order valence-corrected chi connectivity index (χ0v) is 12.5. The molecule has 96 valence electrons. The van der Waals surface area contributed by atoms with Gasteiger partial charge in [0.05, 0.1) is 12.1 Å². The van der Waals surface area contributed by atoms with Crippen molar-refractivity contribution in [1.82, 2.24) is 10.3 Å². The SMILES string of the molecule is CCC(NC(=O)c1csc(Br)n1)C(O)C(C)C. The van der Waals surface area contributed by atoms with Gasteiger partial charge in [-0.05, 0) is 28.3 Å². The minimum Gasteiger partial charge on any atom is -0.391 e. The van der Waals surface area contributed by atoms with E-state index in [-0.39, 0.29) is 17.9 Å². The Balaban J connectivity index is 2.66. The molecule has 1 aromatic rings. The molecule has 0 aliphatic carbocycles. The molecule has 1 amide bonds. The van der Waals surface area contributed by atoms with Crippen molar-refractivity contribution in [3.05, 3.63) is 15.0 Å². The first-order chi connectivity index (χ1) is 7.95. The summed E-state index contributed by atoms with van der Waals surface area (Å²) >= 11 is 4.58. The van der Waals surface area contributed by atoms with Crippen LogP contribution in [-0.4, -0.2) is 28.1 Å². The van der Waals surface area contributed by atoms with E-state index < -0.39 is 6.10 Å². The molecular weight excluding hydrogens is 304 g/mol. The van der Waals surface area contributed by atoms with Crippen LogP contribution in [0.2, 0.25) is 0 Å². The van der Waals surface area contributed by atoms with E-state index in [0.29, 0.717) is 16.0 Å². The van der Waals surface area contributed by atoms with E-state index in [1.807, 2.05) is 20.8 Å². The number of halogens is 1. The highest BCUT2D eigenvalue weighted by Gasteiger charge is 2.23. The summed E-state index contributed by atoms with van der Waals surface area (Å²) in [5.74, 6) is -0.124. The molecule has 0 aliphatic heterocycles. The Bertz CT molecular complexity index is 381. The molecule has 0 saturated carbocycles. The fourth-order valence-corrected chi connectivity index (χ4v) is 2.48. The molecule has 2 unspecified atom stereocenters. The Morgan fingerprint density at radius 1 is 1.65 bits per heavy atom. The Hall–Kier alpha value is -0.460. The van der Waals surface area contributed by atoms with Crippen LogP contribution < -0.4 is 5.32 Å². The van der Waals surface area contributed by atoms with Gasteiger partial charge in [-0.2, -0.15) is 0 Å². The second kappa shape index (κ2) is 6.47. The minimum atomic E-state index is -0.536. The van der Waals surface area contributed by atoms with Crippen LogP contribution in [0, 0.1) is 5.92 Å². The van der Waals surface area contributed by atoms with E-state index in [1.165, 1.54) is 11.3 Å². The Morgan fingerprint density at radius 3 is 2.71 bits per heavy atom. The van der Waals surface area contributed by atoms with Gasteiger partial charge in [0.25, 0.3) is 5.91 Å². The van der Waals surface area contributed by atoms with Crippen LogP contribution in [-0.2, 0) is 0 Å². The molecule has 0 saturated heterocycles. The van der Waals surface area contributed by atoms with E-state index in [4.69, 9.17) is 0 Å². The van der Waals surface area contributed by atoms with Crippen molar-refractivity contribution in [2.24, 2.45) is 5.92 Å². The summed E-state index contributed by atoms with van der Waals surface area (Å²) < 4.78 is 0.681. The second-order valence-corrected chi connectivity index (χ2v) is 6.34. The number of hydrogen-bond acceptors (Lipinski definition) is 4. The first-order valence-corrected chi connectivity index (χ1v) is 7.23. The monoisotopic (exact) mass is 320 g/mol. The van der Waals surface area contributed by atoms with Crippen molar-refractivity contribution < 1.29 is 9.90 Å². The largest absolute Gasteiger partial charge is 0.391 e. The van der Waals surface area contributed by atoms with Crippen molar-refractivity contribution in [3.8, 4) is 0 Å². The zero-order chi connectivity index (χ0) is 13.0. The molecule has 17 heavy (non-hydrogen) atoms. The number of rotatable bonds is 5. The molecule has 0 fully saturated rings. The van der Waals surface area contributed by atoms with Gasteiger partial charge >= 0.3 is 0 Å². The summed E-state index contributed by atoms with van der Waals surface area (Å²) in [6.45, 7) is 5.80. The van der Waals surface area contributed by atoms with Gasteiger partial charge in [-0.15, -0.1) is 11.3 Å². The van der Waals surface area contributed by atoms with E-state index in [0.717, 1.165) is 0 Å². The maximum atomic E-state index is 11.9. The number of aliphatic hydroxyl groups excluding tert-OH is 1. The lowest BCUT2D eigenvalue weighted by molar-refractivity contribution is 0.0675. The number of nitrogens with zero attached hydrogens (tertiary/aromatic N) is 1. The van der Waals surface area contributed by atoms with Gasteiger partial charge in [0.2, 0.25) is 0 Å². The van der Waals surface area contributed by atoms with Crippen LogP contribution in [0.5, 0.6) is 0 Å². The predicted molar refractivity (Wildman–Crippen MR) is 72.2 cm³/mol. The van der Waals surface area contributed by atoms with E-state index >= 15 is 0 Å². The molecule has 1 heterocycles. The first-order valence-electron chi connectivity index (χ1n) is 5.55. The van der Waals surface area contributed by atoms with Gasteiger partial charge in [-0.1, -0.05) is 20.8 Å². The third kappa shape index (κ3) is 4.04. The number of nitrogens with one attached hydrogen (secondary N) is 1. The van der Waals surface area contributed by atoms with Crippen LogP contribution in [0.15, 0.2) is 9.30 Å². The average Bonchev–Trinajstić information content (AvgIpc) is 2.71. The molecule has 6 heteroatoms. The van der Waals surface area contributed by atoms with Gasteiger partial charge in [0, 0.05) is 5.38 Å². The smallest absolute Gasteiger partial charge is 0.271 e. The second-order valence-electron chi connectivity index (χ2n) is 4.21. The Labute approximate surface area is 114 Å². The van der Waals surface area contributed by atoms with Gasteiger partial charge in [0.15, 0.2) is 3.92 Å². The highest BCUT2D eigenvalue weighted by molar-refractivity contribution is 9.11. The molecule has 2 N–H and O–H groups in total. The fraction of sp³-hybridized carbons (Fsp3) is 0.636. The summed E-state index contributed by atoms with van der Waals surface area (Å²) in [5.41, 5.74) is 0.385. The van der Waals surface area contributed by atoms with Crippen molar-refractivity contribution in [2.45, 2.75) is 39.3 Å². The summed E-state index contributed by atoms with van der Waals surface area (Å²) in [7, 11) is 0. The van der Waals surface area contributed by atoms with Crippen LogP contribution in [0.1, 0.15) is 37.7 Å². The van der Waals surface area contributed by atoms with Crippen molar-refractivity contribution >= 4 is 33.2 Å². The van der Waals surface area contributed by atoms with E-state index in [1.54, 1.807) is 5.38 Å². The number of thiazole rings is 1. The van der Waals surface area contributed by atoms with Crippen LogP contribution in [0.3, 0.4) is 0 Å². The molecule has 4 nitrogen and oxygen atoms in total. The predicted octanol–water partition coefficient (Wildman–Crippen LogP) is 2.43. The summed E-state index contributed by atoms with van der Waals surface area (Å²) in [6, 6.07) is -0.233. The maximum Gasteiger partial charge on any atom is 0.271 e. The molecule has 2 atom stereocenters. The van der Waals surface area contributed by atoms with Gasteiger partial charge in [0.1, 0.15) is 5.69 Å². The maximum absolute atomic E-state index is 11.9. The molecule has 1 aromatic heterocycles. The van der Waals surface area contributed by atoms with E-state index in [9.17, 15) is 9.90 Å². The topological polar surface area (TPSA) is 62.2 Å². The lowest BCUT2D eigenvalue weighted by atomic mass is 9.98. The first kappa shape index (κ1) is 14.6. The fourth-order valence-electron chi connectivity index (χ4n) is 1.49. The van der Waals surface area contributed by atoms with Gasteiger partial charge < -0.3 is 10.4 Å². The molecule has 0 radical (unpaired) electrons. The van der Waals surface area contributed by atoms with Crippen LogP contribution in [0.4, 0.5) is 0 Å². The highest BCUT2D eigenvalue weighted by Crippen LogP contribution is 2.16. The Morgan fingerprint density at radius 2 is 2.29 bits per heavy atom. The molecule has 0 bridgehead atoms. The quantitative estimate of drug-likeness (QED) is 0.875. The number of aromatic nitrogens is 1. The van der Waals surface area contributed by atoms with Crippen LogP contribution >= 0.6 is 27.3 Å². The molecular formula is C11H17BrN2O2S. The molecule has 0 aliphatic rings. The minimum absolute atomic E-state index is 0.113. The normalized spacial score (nSPS) is 14.7. The average molecular weight is 321 g/mol. The van der Waals surface area contributed by atoms with Crippen molar-refractivity contribution in [2.75, 3.05) is 0 Å². The Kier molecular flexibility index (Phi) is 5.55. The lowest BCUT2D eigenvalue weighted by Gasteiger charge is -2.25. The summed E-state index contributed by atoms with van der Waals surface area (Å²) in [5, 5.41) is 14.4. The number of amides is 1. The summed E-state index contributed by atoms with van der Waals surface area (Å²) in [6.07, 6.45) is 0.155. The number of carbonyl (C=O) groups is 1. The number of carbonyl (C=O) groups excluding carboxylic acids is 1. The third-order valence-electron chi connectivity index (χ3n) is 2.56. The third-order valence-corrected chi connectivity index (χ3v) is 3.93. The van der Waals surface area contributed by atoms with E-state index in [2.05, 4.69) is 26.2 Å². The lowest BCUT2D eigenvalue weighted by Crippen LogP contribution is -2.45. The highest BCUT2D eigenvalue weighted by atomic mass is 79.9. The molecule has 1 rings (SSSR count). The standard InChI is InChI=1S/C11H17BrN2O2S/c1-4-7(9(15)6(2)3)13-10(16)8-5-17-11(12)14-8/h5-7,9,15H,4H2,1-3H3,(H,13,16). The number of hydrogen-bond donors (Lipinski definition) is 2. The van der Waals surface area contributed by atoms with Crippen LogP contribution in [0.25, 0.3) is 0 Å². The zero-order valence-electron chi connectivity index (χ0n) is 10.1. The van der Waals surface area contributed by atoms with Crippen molar-refractivity contribution in [1.29, 1.82) is 0 Å². The molecule has 0 spiro atoms.